The quantitative estimate of drug-likeness (QED) is 0.750. The molecule has 4 nitrogen and oxygen atoms in total. The van der Waals surface area contributed by atoms with Gasteiger partial charge in [0.1, 0.15) is 0 Å². The fourth-order valence-corrected chi connectivity index (χ4v) is 2.42. The van der Waals surface area contributed by atoms with Gasteiger partial charge in [0.25, 0.3) is 0 Å². The molecule has 0 radical (unpaired) electrons. The van der Waals surface area contributed by atoms with Crippen LogP contribution >= 0.6 is 0 Å². The van der Waals surface area contributed by atoms with Gasteiger partial charge in [-0.15, -0.1) is 0 Å². The number of urea groups is 1. The van der Waals surface area contributed by atoms with Crippen molar-refractivity contribution >= 4 is 11.7 Å². The summed E-state index contributed by atoms with van der Waals surface area (Å²) in [7, 11) is 0. The van der Waals surface area contributed by atoms with Gasteiger partial charge in [0.2, 0.25) is 0 Å². The maximum absolute atomic E-state index is 12.0. The Hall–Kier alpha value is -3.14. The van der Waals surface area contributed by atoms with E-state index in [1.165, 1.54) is 0 Å². The number of amides is 2. The zero-order valence-corrected chi connectivity index (χ0v) is 13.5. The molecule has 3 aromatic rings. The molecule has 2 aromatic carbocycles. The third kappa shape index (κ3) is 4.20. The highest BCUT2D eigenvalue weighted by molar-refractivity contribution is 5.89. The van der Waals surface area contributed by atoms with Gasteiger partial charge in [0, 0.05) is 11.4 Å². The lowest BCUT2D eigenvalue weighted by molar-refractivity contribution is 0.251. The Bertz CT molecular complexity index is 814. The Morgan fingerprint density at radius 2 is 1.58 bits per heavy atom. The van der Waals surface area contributed by atoms with Gasteiger partial charge in [-0.1, -0.05) is 48.5 Å². The van der Waals surface area contributed by atoms with Gasteiger partial charge < -0.3 is 10.6 Å². The smallest absolute Gasteiger partial charge is 0.319 e. The molecule has 2 amide bonds. The second-order valence-corrected chi connectivity index (χ2v) is 5.52. The Morgan fingerprint density at radius 1 is 0.875 bits per heavy atom. The summed E-state index contributed by atoms with van der Waals surface area (Å²) < 4.78 is 0. The maximum Gasteiger partial charge on any atom is 0.319 e. The summed E-state index contributed by atoms with van der Waals surface area (Å²) in [5.41, 5.74) is 4.80. The van der Waals surface area contributed by atoms with E-state index in [0.717, 1.165) is 28.2 Å². The van der Waals surface area contributed by atoms with Crippen molar-refractivity contribution in [3.05, 3.63) is 84.2 Å². The number of hydrogen-bond acceptors (Lipinski definition) is 2. The number of aromatic nitrogens is 1. The number of benzene rings is 2. The summed E-state index contributed by atoms with van der Waals surface area (Å²) >= 11 is 0. The van der Waals surface area contributed by atoms with Crippen molar-refractivity contribution < 1.29 is 4.79 Å². The van der Waals surface area contributed by atoms with Crippen molar-refractivity contribution in [2.45, 2.75) is 13.5 Å². The topological polar surface area (TPSA) is 54.0 Å². The van der Waals surface area contributed by atoms with Crippen LogP contribution in [0.5, 0.6) is 0 Å². The Balaban J connectivity index is 1.57. The van der Waals surface area contributed by atoms with Crippen LogP contribution in [0.4, 0.5) is 10.5 Å². The van der Waals surface area contributed by atoms with E-state index in [1.54, 1.807) is 0 Å². The lowest BCUT2D eigenvalue weighted by Crippen LogP contribution is -2.28. The number of nitrogens with one attached hydrogen (secondary N) is 2. The van der Waals surface area contributed by atoms with Crippen LogP contribution in [-0.2, 0) is 6.54 Å². The van der Waals surface area contributed by atoms with Crippen molar-refractivity contribution in [3.8, 4) is 11.1 Å². The molecule has 0 fully saturated rings. The minimum atomic E-state index is -0.245. The predicted octanol–water partition coefficient (Wildman–Crippen LogP) is 4.38. The molecule has 0 saturated carbocycles. The number of nitrogens with zero attached hydrogens (tertiary/aromatic N) is 1. The molecule has 0 spiro atoms. The Labute approximate surface area is 141 Å². The summed E-state index contributed by atoms with van der Waals surface area (Å²) in [6.07, 6.45) is 0. The number of carbonyl (C=O) groups excluding carboxylic acids is 1. The van der Waals surface area contributed by atoms with Crippen molar-refractivity contribution in [2.24, 2.45) is 0 Å². The maximum atomic E-state index is 12.0. The molecule has 120 valence electrons. The number of pyridine rings is 1. The lowest BCUT2D eigenvalue weighted by atomic mass is 10.1. The molecule has 24 heavy (non-hydrogen) atoms. The van der Waals surface area contributed by atoms with Gasteiger partial charge in [0.15, 0.2) is 0 Å². The van der Waals surface area contributed by atoms with E-state index in [9.17, 15) is 4.79 Å². The molecule has 0 atom stereocenters. The van der Waals surface area contributed by atoms with Crippen molar-refractivity contribution in [1.29, 1.82) is 0 Å². The molecule has 0 aliphatic rings. The highest BCUT2D eigenvalue weighted by atomic mass is 16.2. The van der Waals surface area contributed by atoms with Crippen LogP contribution in [0, 0.1) is 6.92 Å². The average molecular weight is 317 g/mol. The largest absolute Gasteiger partial charge is 0.332 e. The van der Waals surface area contributed by atoms with E-state index in [2.05, 4.69) is 27.8 Å². The summed E-state index contributed by atoms with van der Waals surface area (Å²) in [6.45, 7) is 2.33. The lowest BCUT2D eigenvalue weighted by Gasteiger charge is -2.09. The molecular weight excluding hydrogens is 298 g/mol. The van der Waals surface area contributed by atoms with E-state index in [-0.39, 0.29) is 6.03 Å². The first-order valence-electron chi connectivity index (χ1n) is 7.83. The number of carbonyl (C=O) groups is 1. The first-order valence-corrected chi connectivity index (χ1v) is 7.83. The van der Waals surface area contributed by atoms with Gasteiger partial charge in [-0.3, -0.25) is 4.98 Å². The molecule has 3 rings (SSSR count). The second kappa shape index (κ2) is 7.42. The molecule has 1 heterocycles. The zero-order valence-electron chi connectivity index (χ0n) is 13.5. The minimum Gasteiger partial charge on any atom is -0.332 e. The SMILES string of the molecule is Cc1cccc(CNC(=O)Nc2ccc(-c3ccccc3)cc2)n1. The molecule has 2 N–H and O–H groups in total. The number of hydrogen-bond donors (Lipinski definition) is 2. The summed E-state index contributed by atoms with van der Waals surface area (Å²) in [6, 6.07) is 23.4. The van der Waals surface area contributed by atoms with E-state index >= 15 is 0 Å². The van der Waals surface area contributed by atoms with E-state index in [4.69, 9.17) is 0 Å². The molecule has 0 bridgehead atoms. The second-order valence-electron chi connectivity index (χ2n) is 5.52. The first-order chi connectivity index (χ1) is 11.7. The van der Waals surface area contributed by atoms with E-state index < -0.39 is 0 Å². The van der Waals surface area contributed by atoms with Crippen LogP contribution in [0.15, 0.2) is 72.8 Å². The average Bonchev–Trinajstić information content (AvgIpc) is 2.61. The highest BCUT2D eigenvalue weighted by Gasteiger charge is 2.03. The number of anilines is 1. The standard InChI is InChI=1S/C20H19N3O/c1-15-6-5-9-19(22-15)14-21-20(24)23-18-12-10-17(11-13-18)16-7-3-2-4-8-16/h2-13H,14H2,1H3,(H2,21,23,24). The van der Waals surface area contributed by atoms with Crippen LogP contribution in [-0.4, -0.2) is 11.0 Å². The predicted molar refractivity (Wildman–Crippen MR) is 96.7 cm³/mol. The Morgan fingerprint density at radius 3 is 2.29 bits per heavy atom. The van der Waals surface area contributed by atoms with E-state index in [1.807, 2.05) is 67.6 Å². The van der Waals surface area contributed by atoms with Gasteiger partial charge in [0.05, 0.1) is 12.2 Å². The fourth-order valence-electron chi connectivity index (χ4n) is 2.42. The van der Waals surface area contributed by atoms with Crippen molar-refractivity contribution in [3.63, 3.8) is 0 Å². The molecule has 0 saturated heterocycles. The molecule has 4 heteroatoms. The van der Waals surface area contributed by atoms with Gasteiger partial charge >= 0.3 is 6.03 Å². The Kier molecular flexibility index (Phi) is 4.87. The van der Waals surface area contributed by atoms with Gasteiger partial charge in [-0.05, 0) is 42.3 Å². The van der Waals surface area contributed by atoms with E-state index in [0.29, 0.717) is 6.54 Å². The monoisotopic (exact) mass is 317 g/mol. The first kappa shape index (κ1) is 15.7. The summed E-state index contributed by atoms with van der Waals surface area (Å²) in [5.74, 6) is 0. The van der Waals surface area contributed by atoms with Crippen LogP contribution < -0.4 is 10.6 Å². The van der Waals surface area contributed by atoms with Gasteiger partial charge in [-0.25, -0.2) is 4.79 Å². The molecular formula is C20H19N3O. The number of rotatable bonds is 4. The molecule has 0 unspecified atom stereocenters. The highest BCUT2D eigenvalue weighted by Crippen LogP contribution is 2.20. The summed E-state index contributed by atoms with van der Waals surface area (Å²) in [5, 5.41) is 5.64. The van der Waals surface area contributed by atoms with Crippen LogP contribution in [0.3, 0.4) is 0 Å². The fraction of sp³-hybridized carbons (Fsp3) is 0.100. The molecule has 1 aromatic heterocycles. The van der Waals surface area contributed by atoms with Crippen molar-refractivity contribution in [2.75, 3.05) is 5.32 Å². The van der Waals surface area contributed by atoms with Crippen LogP contribution in [0.25, 0.3) is 11.1 Å². The normalized spacial score (nSPS) is 10.2. The van der Waals surface area contributed by atoms with Gasteiger partial charge in [-0.2, -0.15) is 0 Å². The third-order valence-electron chi connectivity index (χ3n) is 3.63. The van der Waals surface area contributed by atoms with Crippen molar-refractivity contribution in [1.82, 2.24) is 10.3 Å². The molecule has 0 aliphatic heterocycles. The number of aryl methyl sites for hydroxylation is 1. The van der Waals surface area contributed by atoms with Crippen LogP contribution in [0.1, 0.15) is 11.4 Å². The molecule has 0 aliphatic carbocycles. The summed E-state index contributed by atoms with van der Waals surface area (Å²) in [4.78, 5) is 16.3. The minimum absolute atomic E-state index is 0.245. The van der Waals surface area contributed by atoms with Crippen LogP contribution in [0.2, 0.25) is 0 Å². The zero-order chi connectivity index (χ0) is 16.8. The third-order valence-corrected chi connectivity index (χ3v) is 3.63.